The average Bonchev–Trinajstić information content (AvgIpc) is 2.81. The second kappa shape index (κ2) is 6.84. The number of benzene rings is 1. The minimum Gasteiger partial charge on any atom is -0.347 e. The second-order valence-electron chi connectivity index (χ2n) is 7.38. The monoisotopic (exact) mass is 335 g/mol. The highest BCUT2D eigenvalue weighted by atomic mass is 16.1. The standard InChI is InChI=1S/C21H25N3O/c1-21(2)16-9-6-7-11-18(16)24(3)20(21)13-19(25)15(14-22)17-10-5-4-8-12-23-17/h6-7,9,11,13,15H,4-5,8,10,12H2,1-3H3/b20-13-/t15-/m1/s1. The number of rotatable bonds is 3. The molecule has 130 valence electrons. The first-order valence-corrected chi connectivity index (χ1v) is 8.99. The topological polar surface area (TPSA) is 56.5 Å². The number of carbonyl (C=O) groups excluding carboxylic acids is 1. The summed E-state index contributed by atoms with van der Waals surface area (Å²) < 4.78 is 0. The van der Waals surface area contributed by atoms with Crippen LogP contribution in [0.5, 0.6) is 0 Å². The van der Waals surface area contributed by atoms with Crippen LogP contribution in [0.4, 0.5) is 5.69 Å². The Labute approximate surface area is 149 Å². The molecule has 0 fully saturated rings. The predicted molar refractivity (Wildman–Crippen MR) is 101 cm³/mol. The predicted octanol–water partition coefficient (Wildman–Crippen LogP) is 4.02. The first-order valence-electron chi connectivity index (χ1n) is 8.99. The number of hydrogen-bond donors (Lipinski definition) is 0. The molecule has 0 spiro atoms. The van der Waals surface area contributed by atoms with Crippen molar-refractivity contribution >= 4 is 17.2 Å². The van der Waals surface area contributed by atoms with E-state index in [9.17, 15) is 10.1 Å². The fraction of sp³-hybridized carbons (Fsp3) is 0.476. The Balaban J connectivity index is 1.93. The van der Waals surface area contributed by atoms with E-state index in [1.807, 2.05) is 19.2 Å². The highest BCUT2D eigenvalue weighted by molar-refractivity contribution is 6.12. The van der Waals surface area contributed by atoms with Gasteiger partial charge in [-0.2, -0.15) is 5.26 Å². The summed E-state index contributed by atoms with van der Waals surface area (Å²) >= 11 is 0. The van der Waals surface area contributed by atoms with E-state index in [4.69, 9.17) is 0 Å². The summed E-state index contributed by atoms with van der Waals surface area (Å²) in [6, 6.07) is 10.4. The van der Waals surface area contributed by atoms with Crippen LogP contribution in [0.3, 0.4) is 0 Å². The molecule has 1 atom stereocenters. The summed E-state index contributed by atoms with van der Waals surface area (Å²) in [7, 11) is 1.98. The van der Waals surface area contributed by atoms with Crippen LogP contribution in [-0.2, 0) is 10.2 Å². The third kappa shape index (κ3) is 3.11. The number of para-hydroxylation sites is 1. The lowest BCUT2D eigenvalue weighted by molar-refractivity contribution is -0.115. The largest absolute Gasteiger partial charge is 0.347 e. The van der Waals surface area contributed by atoms with E-state index >= 15 is 0 Å². The maximum atomic E-state index is 12.9. The van der Waals surface area contributed by atoms with Crippen LogP contribution in [0.15, 0.2) is 41.0 Å². The summed E-state index contributed by atoms with van der Waals surface area (Å²) in [6.07, 6.45) is 5.60. The van der Waals surface area contributed by atoms with Crippen LogP contribution in [0.1, 0.15) is 45.1 Å². The smallest absolute Gasteiger partial charge is 0.180 e. The maximum Gasteiger partial charge on any atom is 0.180 e. The Bertz CT molecular complexity index is 783. The minimum atomic E-state index is -0.751. The van der Waals surface area contributed by atoms with Crippen molar-refractivity contribution in [1.82, 2.24) is 0 Å². The number of nitrogens with zero attached hydrogens (tertiary/aromatic N) is 3. The summed E-state index contributed by atoms with van der Waals surface area (Å²) in [4.78, 5) is 19.5. The Morgan fingerprint density at radius 2 is 2.08 bits per heavy atom. The molecule has 0 radical (unpaired) electrons. The Kier molecular flexibility index (Phi) is 4.76. The van der Waals surface area contributed by atoms with E-state index in [2.05, 4.69) is 41.9 Å². The molecule has 1 aromatic rings. The molecule has 0 amide bonds. The molecule has 0 N–H and O–H groups in total. The van der Waals surface area contributed by atoms with E-state index in [0.717, 1.165) is 49.3 Å². The van der Waals surface area contributed by atoms with Crippen molar-refractivity contribution in [2.45, 2.75) is 44.9 Å². The number of fused-ring (bicyclic) bond motifs is 1. The van der Waals surface area contributed by atoms with Gasteiger partial charge in [0.2, 0.25) is 0 Å². The normalized spacial score (nSPS) is 21.9. The van der Waals surface area contributed by atoms with Gasteiger partial charge in [-0.25, -0.2) is 0 Å². The van der Waals surface area contributed by atoms with Crippen molar-refractivity contribution in [3.63, 3.8) is 0 Å². The SMILES string of the molecule is CN1/C(=C\C(=O)[C@H](C#N)C2=NCCCCC2)C(C)(C)c2ccccc21. The van der Waals surface area contributed by atoms with Crippen LogP contribution in [0.25, 0.3) is 0 Å². The van der Waals surface area contributed by atoms with Crippen LogP contribution in [0.2, 0.25) is 0 Å². The molecule has 0 aromatic heterocycles. The van der Waals surface area contributed by atoms with Gasteiger partial charge >= 0.3 is 0 Å². The summed E-state index contributed by atoms with van der Waals surface area (Å²) in [5, 5.41) is 9.59. The lowest BCUT2D eigenvalue weighted by atomic mass is 9.82. The Morgan fingerprint density at radius 3 is 2.80 bits per heavy atom. The number of aliphatic imine (C=N–C) groups is 1. The van der Waals surface area contributed by atoms with Crippen LogP contribution >= 0.6 is 0 Å². The fourth-order valence-electron chi connectivity index (χ4n) is 3.91. The zero-order chi connectivity index (χ0) is 18.0. The number of likely N-dealkylation sites (N-methyl/N-ethyl adjacent to an activating group) is 1. The van der Waals surface area contributed by atoms with Gasteiger partial charge in [0.25, 0.3) is 0 Å². The molecule has 3 rings (SSSR count). The fourth-order valence-corrected chi connectivity index (χ4v) is 3.91. The quantitative estimate of drug-likeness (QED) is 0.784. The highest BCUT2D eigenvalue weighted by Gasteiger charge is 2.39. The number of anilines is 1. The summed E-state index contributed by atoms with van der Waals surface area (Å²) in [5.74, 6) is -0.899. The second-order valence-corrected chi connectivity index (χ2v) is 7.38. The zero-order valence-corrected chi connectivity index (χ0v) is 15.2. The first-order chi connectivity index (χ1) is 12.0. The van der Waals surface area contributed by atoms with E-state index in [1.54, 1.807) is 6.08 Å². The van der Waals surface area contributed by atoms with Gasteiger partial charge in [-0.1, -0.05) is 38.5 Å². The van der Waals surface area contributed by atoms with Gasteiger partial charge < -0.3 is 4.90 Å². The Hall–Kier alpha value is -2.41. The van der Waals surface area contributed by atoms with Crippen molar-refractivity contribution in [3.05, 3.63) is 41.6 Å². The molecular weight excluding hydrogens is 310 g/mol. The van der Waals surface area contributed by atoms with E-state index < -0.39 is 5.92 Å². The molecule has 0 unspecified atom stereocenters. The molecule has 0 saturated heterocycles. The van der Waals surface area contributed by atoms with E-state index in [-0.39, 0.29) is 11.2 Å². The highest BCUT2D eigenvalue weighted by Crippen LogP contribution is 2.46. The number of nitriles is 1. The molecule has 2 aliphatic heterocycles. The third-order valence-electron chi connectivity index (χ3n) is 5.37. The van der Waals surface area contributed by atoms with Crippen LogP contribution < -0.4 is 4.90 Å². The number of hydrogen-bond acceptors (Lipinski definition) is 4. The van der Waals surface area contributed by atoms with Crippen molar-refractivity contribution in [2.24, 2.45) is 10.9 Å². The summed E-state index contributed by atoms with van der Waals surface area (Å²) in [5.41, 5.74) is 3.77. The van der Waals surface area contributed by atoms with E-state index in [0.29, 0.717) is 0 Å². The average molecular weight is 335 g/mol. The van der Waals surface area contributed by atoms with Crippen molar-refractivity contribution < 1.29 is 4.79 Å². The summed E-state index contributed by atoms with van der Waals surface area (Å²) in [6.45, 7) is 4.98. The molecule has 2 aliphatic rings. The maximum absolute atomic E-state index is 12.9. The molecule has 25 heavy (non-hydrogen) atoms. The molecular formula is C21H25N3O. The molecule has 0 saturated carbocycles. The van der Waals surface area contributed by atoms with Gasteiger partial charge in [-0.05, 0) is 30.9 Å². The van der Waals surface area contributed by atoms with E-state index in [1.165, 1.54) is 5.56 Å². The molecule has 4 heteroatoms. The van der Waals surface area contributed by atoms with Gasteiger partial charge in [0.05, 0.1) is 6.07 Å². The lowest BCUT2D eigenvalue weighted by Gasteiger charge is -2.24. The van der Waals surface area contributed by atoms with Gasteiger partial charge in [0.1, 0.15) is 5.92 Å². The first kappa shape index (κ1) is 17.4. The van der Waals surface area contributed by atoms with Crippen molar-refractivity contribution in [1.29, 1.82) is 5.26 Å². The number of allylic oxidation sites excluding steroid dienone is 2. The van der Waals surface area contributed by atoms with Gasteiger partial charge in [0.15, 0.2) is 5.78 Å². The van der Waals surface area contributed by atoms with Gasteiger partial charge in [-0.3, -0.25) is 9.79 Å². The molecule has 0 bridgehead atoms. The van der Waals surface area contributed by atoms with Gasteiger partial charge in [0, 0.05) is 42.2 Å². The number of ketones is 1. The molecule has 1 aromatic carbocycles. The van der Waals surface area contributed by atoms with Crippen LogP contribution in [0, 0.1) is 17.2 Å². The number of carbonyl (C=O) groups is 1. The molecule has 0 aliphatic carbocycles. The van der Waals surface area contributed by atoms with Crippen molar-refractivity contribution in [3.8, 4) is 6.07 Å². The minimum absolute atomic E-state index is 0.147. The molecule has 4 nitrogen and oxygen atoms in total. The zero-order valence-electron chi connectivity index (χ0n) is 15.2. The molecule has 2 heterocycles. The lowest BCUT2D eigenvalue weighted by Crippen LogP contribution is -2.27. The van der Waals surface area contributed by atoms with Crippen LogP contribution in [-0.4, -0.2) is 25.1 Å². The third-order valence-corrected chi connectivity index (χ3v) is 5.37. The van der Waals surface area contributed by atoms with Gasteiger partial charge in [-0.15, -0.1) is 0 Å². The Morgan fingerprint density at radius 1 is 1.32 bits per heavy atom. The van der Waals surface area contributed by atoms with Crippen molar-refractivity contribution in [2.75, 3.05) is 18.5 Å².